The normalized spacial score (nSPS) is 17.4. The van der Waals surface area contributed by atoms with Crippen molar-refractivity contribution in [1.29, 1.82) is 0 Å². The highest BCUT2D eigenvalue weighted by atomic mass is 16.6. The lowest BCUT2D eigenvalue weighted by molar-refractivity contribution is -0.161. The van der Waals surface area contributed by atoms with Gasteiger partial charge in [0, 0.05) is 0 Å². The van der Waals surface area contributed by atoms with E-state index in [1.54, 1.807) is 24.3 Å². The van der Waals surface area contributed by atoms with Gasteiger partial charge in [0.15, 0.2) is 18.0 Å². The summed E-state index contributed by atoms with van der Waals surface area (Å²) in [4.78, 5) is 23.5. The van der Waals surface area contributed by atoms with Gasteiger partial charge < -0.3 is 24.4 Å². The summed E-state index contributed by atoms with van der Waals surface area (Å²) in [6.45, 7) is 0.392. The lowest BCUT2D eigenvalue weighted by atomic mass is 10.0. The molecule has 0 fully saturated rings. The smallest absolute Gasteiger partial charge is 0.343 e. The molecule has 0 saturated heterocycles. The summed E-state index contributed by atoms with van der Waals surface area (Å²) in [5.41, 5.74) is 1.28. The highest BCUT2D eigenvalue weighted by Crippen LogP contribution is 2.32. The first kappa shape index (κ1) is 18.5. The Hall–Kier alpha value is -3.32. The minimum atomic E-state index is -1.80. The van der Waals surface area contributed by atoms with E-state index >= 15 is 0 Å². The van der Waals surface area contributed by atoms with Crippen molar-refractivity contribution >= 4 is 17.5 Å². The molecule has 1 aliphatic rings. The maximum Gasteiger partial charge on any atom is 0.343 e. The summed E-state index contributed by atoms with van der Waals surface area (Å²) < 4.78 is 15.0. The first-order valence-corrected chi connectivity index (χ1v) is 8.18. The van der Waals surface area contributed by atoms with Crippen molar-refractivity contribution in [2.75, 3.05) is 7.11 Å². The highest BCUT2D eigenvalue weighted by Gasteiger charge is 2.42. The molecule has 0 saturated carbocycles. The number of benzene rings is 2. The number of rotatable bonds is 6. The minimum absolute atomic E-state index is 0.113. The summed E-state index contributed by atoms with van der Waals surface area (Å²) in [7, 11) is 1.08. The molecule has 2 aromatic rings. The van der Waals surface area contributed by atoms with Crippen molar-refractivity contribution in [3.05, 3.63) is 71.5 Å². The molecule has 0 radical (unpaired) electrons. The number of esters is 2. The molecule has 27 heavy (non-hydrogen) atoms. The fourth-order valence-corrected chi connectivity index (χ4v) is 2.66. The van der Waals surface area contributed by atoms with Crippen LogP contribution in [0, 0.1) is 0 Å². The highest BCUT2D eigenvalue weighted by molar-refractivity contribution is 6.19. The third-order valence-corrected chi connectivity index (χ3v) is 4.08. The van der Waals surface area contributed by atoms with E-state index in [-0.39, 0.29) is 5.57 Å². The van der Waals surface area contributed by atoms with Crippen molar-refractivity contribution in [3.8, 4) is 5.75 Å². The molecule has 2 atom stereocenters. The fourth-order valence-electron chi connectivity index (χ4n) is 2.66. The number of hydrogen-bond acceptors (Lipinski definition) is 7. The van der Waals surface area contributed by atoms with Gasteiger partial charge in [-0.3, -0.25) is 0 Å². The van der Waals surface area contributed by atoms with Crippen molar-refractivity contribution < 1.29 is 34.0 Å². The molecule has 0 aromatic heterocycles. The molecule has 140 valence electrons. The molecule has 1 aliphatic heterocycles. The summed E-state index contributed by atoms with van der Waals surface area (Å²) in [5.74, 6) is -1.78. The van der Waals surface area contributed by atoms with E-state index in [1.807, 2.05) is 30.3 Å². The Morgan fingerprint density at radius 1 is 1.15 bits per heavy atom. The van der Waals surface area contributed by atoms with E-state index in [1.165, 1.54) is 0 Å². The lowest BCUT2D eigenvalue weighted by Gasteiger charge is -2.14. The molecule has 0 bridgehead atoms. The van der Waals surface area contributed by atoms with Crippen molar-refractivity contribution in [3.63, 3.8) is 0 Å². The van der Waals surface area contributed by atoms with E-state index in [9.17, 15) is 19.8 Å². The van der Waals surface area contributed by atoms with Crippen molar-refractivity contribution in [2.45, 2.75) is 18.8 Å². The predicted molar refractivity (Wildman–Crippen MR) is 94.7 cm³/mol. The zero-order chi connectivity index (χ0) is 19.4. The van der Waals surface area contributed by atoms with Crippen LogP contribution in [0.25, 0.3) is 5.57 Å². The molecule has 1 heterocycles. The Labute approximate surface area is 155 Å². The van der Waals surface area contributed by atoms with Crippen molar-refractivity contribution in [1.82, 2.24) is 0 Å². The maximum atomic E-state index is 12.1. The van der Waals surface area contributed by atoms with Gasteiger partial charge in [0.25, 0.3) is 0 Å². The van der Waals surface area contributed by atoms with Crippen LogP contribution in [-0.4, -0.2) is 41.5 Å². The van der Waals surface area contributed by atoms with Crippen LogP contribution < -0.4 is 4.74 Å². The fraction of sp³-hybridized carbons (Fsp3) is 0.200. The number of aliphatic hydroxyl groups is 2. The van der Waals surface area contributed by atoms with Gasteiger partial charge >= 0.3 is 11.9 Å². The Morgan fingerprint density at radius 3 is 2.44 bits per heavy atom. The van der Waals surface area contributed by atoms with Crippen LogP contribution in [0.5, 0.6) is 5.75 Å². The number of cyclic esters (lactones) is 1. The summed E-state index contributed by atoms with van der Waals surface area (Å²) in [6, 6.07) is 16.1. The number of carbonyl (C=O) groups excluding carboxylic acids is 2. The average Bonchev–Trinajstić information content (AvgIpc) is 3.00. The van der Waals surface area contributed by atoms with Gasteiger partial charge in [-0.15, -0.1) is 0 Å². The zero-order valence-electron chi connectivity index (χ0n) is 14.5. The van der Waals surface area contributed by atoms with E-state index < -0.39 is 29.9 Å². The number of ether oxygens (including phenoxy) is 3. The monoisotopic (exact) mass is 370 g/mol. The first-order chi connectivity index (χ1) is 13.0. The molecule has 2 aromatic carbocycles. The number of aliphatic hydroxyl groups excluding tert-OH is 2. The second-order valence-electron chi connectivity index (χ2n) is 5.85. The Bertz CT molecular complexity index is 856. The van der Waals surface area contributed by atoms with Crippen LogP contribution >= 0.6 is 0 Å². The number of methoxy groups -OCH3 is 1. The number of carbonyl (C=O) groups is 2. The van der Waals surface area contributed by atoms with Gasteiger partial charge in [0.05, 0.1) is 7.11 Å². The SMILES string of the molecule is COC(=O)[C@H](O)[C@H]1OC(=O)C(c2ccc(OCc3ccccc3)cc2)=C1O. The van der Waals surface area contributed by atoms with Crippen molar-refractivity contribution in [2.24, 2.45) is 0 Å². The predicted octanol–water partition coefficient (Wildman–Crippen LogP) is 1.99. The van der Waals surface area contributed by atoms with E-state index in [2.05, 4.69) is 4.74 Å². The lowest BCUT2D eigenvalue weighted by Crippen LogP contribution is -2.36. The molecule has 0 aliphatic carbocycles. The molecule has 3 rings (SSSR count). The topological polar surface area (TPSA) is 102 Å². The summed E-state index contributed by atoms with van der Waals surface area (Å²) >= 11 is 0. The first-order valence-electron chi connectivity index (χ1n) is 8.18. The second-order valence-corrected chi connectivity index (χ2v) is 5.85. The largest absolute Gasteiger partial charge is 0.507 e. The van der Waals surface area contributed by atoms with Crippen LogP contribution in [0.3, 0.4) is 0 Å². The second kappa shape index (κ2) is 7.92. The Kier molecular flexibility index (Phi) is 5.42. The standard InChI is InChI=1S/C20H18O7/c1-25-20(24)17(22)18-16(21)15(19(23)27-18)13-7-9-14(10-8-13)26-11-12-5-3-2-4-6-12/h2-10,17-18,21-22H,11H2,1H3/t17-,18+/m1/s1. The Morgan fingerprint density at radius 2 is 1.81 bits per heavy atom. The van der Waals surface area contributed by atoms with Gasteiger partial charge in [-0.2, -0.15) is 0 Å². The van der Waals surface area contributed by atoms with E-state index in [0.29, 0.717) is 17.9 Å². The molecule has 0 unspecified atom stereocenters. The molecule has 7 heteroatoms. The van der Waals surface area contributed by atoms with Gasteiger partial charge in [0.2, 0.25) is 0 Å². The molecular formula is C20H18O7. The van der Waals surface area contributed by atoms with E-state index in [4.69, 9.17) is 9.47 Å². The minimum Gasteiger partial charge on any atom is -0.507 e. The zero-order valence-corrected chi connectivity index (χ0v) is 14.5. The van der Waals surface area contributed by atoms with Crippen LogP contribution in [0.4, 0.5) is 0 Å². The molecule has 2 N–H and O–H groups in total. The van der Waals surface area contributed by atoms with Gasteiger partial charge in [-0.25, -0.2) is 9.59 Å². The molecule has 7 nitrogen and oxygen atoms in total. The van der Waals surface area contributed by atoms with Crippen LogP contribution in [0.2, 0.25) is 0 Å². The number of hydrogen-bond donors (Lipinski definition) is 2. The summed E-state index contributed by atoms with van der Waals surface area (Å²) in [5, 5.41) is 20.1. The summed E-state index contributed by atoms with van der Waals surface area (Å²) in [6.07, 6.45) is -3.29. The van der Waals surface area contributed by atoms with Crippen LogP contribution in [0.1, 0.15) is 11.1 Å². The van der Waals surface area contributed by atoms with Gasteiger partial charge in [0.1, 0.15) is 17.9 Å². The third kappa shape index (κ3) is 3.93. The van der Waals surface area contributed by atoms with Gasteiger partial charge in [-0.1, -0.05) is 42.5 Å². The molecule has 0 spiro atoms. The maximum absolute atomic E-state index is 12.1. The third-order valence-electron chi connectivity index (χ3n) is 4.08. The van der Waals surface area contributed by atoms with Crippen LogP contribution in [-0.2, 0) is 25.7 Å². The molecular weight excluding hydrogens is 352 g/mol. The van der Waals surface area contributed by atoms with E-state index in [0.717, 1.165) is 12.7 Å². The van der Waals surface area contributed by atoms with Gasteiger partial charge in [-0.05, 0) is 23.3 Å². The van der Waals surface area contributed by atoms with Crippen LogP contribution in [0.15, 0.2) is 60.4 Å². The molecule has 0 amide bonds. The quantitative estimate of drug-likeness (QED) is 0.750. The average molecular weight is 370 g/mol. The Balaban J connectivity index is 1.74.